The first-order valence-electron chi connectivity index (χ1n) is 9.51. The van der Waals surface area contributed by atoms with Crippen LogP contribution in [0.4, 0.5) is 5.69 Å². The van der Waals surface area contributed by atoms with Gasteiger partial charge in [0, 0.05) is 25.4 Å². The van der Waals surface area contributed by atoms with Crippen LogP contribution in [0.2, 0.25) is 0 Å². The first kappa shape index (κ1) is 23.1. The molecule has 3 aromatic rings. The predicted octanol–water partition coefficient (Wildman–Crippen LogP) is 1.42. The molecule has 2 aromatic carbocycles. The molecule has 32 heavy (non-hydrogen) atoms. The fourth-order valence-corrected chi connectivity index (χ4v) is 3.84. The van der Waals surface area contributed by atoms with Crippen molar-refractivity contribution in [2.24, 2.45) is 0 Å². The molecule has 3 rings (SSSR count). The van der Waals surface area contributed by atoms with Gasteiger partial charge in [-0.3, -0.25) is 9.59 Å². The molecule has 0 bridgehead atoms. The van der Waals surface area contributed by atoms with Crippen molar-refractivity contribution in [3.63, 3.8) is 0 Å². The van der Waals surface area contributed by atoms with E-state index in [4.69, 9.17) is 4.74 Å². The molecule has 0 fully saturated rings. The molecule has 0 aliphatic carbocycles. The van der Waals surface area contributed by atoms with E-state index >= 15 is 0 Å². The van der Waals surface area contributed by atoms with Crippen LogP contribution in [0.25, 0.3) is 5.69 Å². The number of aromatic nitrogens is 2. The Balaban J connectivity index is 1.82. The van der Waals surface area contributed by atoms with Crippen molar-refractivity contribution < 1.29 is 23.1 Å². The van der Waals surface area contributed by atoms with Crippen LogP contribution in [-0.2, 0) is 14.8 Å². The van der Waals surface area contributed by atoms with Gasteiger partial charge in [-0.1, -0.05) is 12.1 Å². The van der Waals surface area contributed by atoms with E-state index in [1.807, 2.05) is 13.0 Å². The molecule has 0 saturated heterocycles. The number of benzene rings is 2. The molecule has 11 heteroatoms. The Morgan fingerprint density at radius 2 is 1.88 bits per heavy atom. The summed E-state index contributed by atoms with van der Waals surface area (Å²) in [5.41, 5.74) is 0.658. The van der Waals surface area contributed by atoms with Crippen molar-refractivity contribution in [2.75, 3.05) is 25.6 Å². The molecule has 0 spiro atoms. The van der Waals surface area contributed by atoms with Gasteiger partial charge in [0.05, 0.1) is 17.2 Å². The Labute approximate surface area is 184 Å². The maximum atomic E-state index is 12.7. The average molecular weight is 458 g/mol. The number of carbonyl (C=O) groups is 1. The number of carbonyl (C=O) groups excluding carboxylic acids is 1. The summed E-state index contributed by atoms with van der Waals surface area (Å²) in [5.74, 6) is -1.34. The smallest absolute Gasteiger partial charge is 0.279 e. The fourth-order valence-electron chi connectivity index (χ4n) is 2.82. The second-order valence-electron chi connectivity index (χ2n) is 6.84. The number of hydrogen-bond donors (Lipinski definition) is 3. The summed E-state index contributed by atoms with van der Waals surface area (Å²) in [6.45, 7) is 2.20. The van der Waals surface area contributed by atoms with Crippen molar-refractivity contribution in [2.45, 2.75) is 11.8 Å². The largest absolute Gasteiger partial charge is 0.505 e. The molecule has 10 nitrogen and oxygen atoms in total. The van der Waals surface area contributed by atoms with Gasteiger partial charge in [0.25, 0.3) is 11.5 Å². The zero-order chi connectivity index (χ0) is 23.3. The maximum Gasteiger partial charge on any atom is 0.279 e. The molecule has 0 aliphatic heterocycles. The summed E-state index contributed by atoms with van der Waals surface area (Å²) in [6.07, 6.45) is 0. The van der Waals surface area contributed by atoms with Gasteiger partial charge in [-0.2, -0.15) is 9.78 Å². The number of hydrogen-bond acceptors (Lipinski definition) is 7. The van der Waals surface area contributed by atoms with Gasteiger partial charge in [0.2, 0.25) is 10.0 Å². The lowest BCUT2D eigenvalue weighted by atomic mass is 10.2. The minimum Gasteiger partial charge on any atom is -0.505 e. The van der Waals surface area contributed by atoms with E-state index in [0.717, 1.165) is 16.3 Å². The normalized spacial score (nSPS) is 11.3. The van der Waals surface area contributed by atoms with Crippen LogP contribution < -0.4 is 15.6 Å². The van der Waals surface area contributed by atoms with Crippen molar-refractivity contribution in [1.29, 1.82) is 0 Å². The lowest BCUT2D eigenvalue weighted by Crippen LogP contribution is -2.27. The number of amides is 1. The molecule has 0 atom stereocenters. The van der Waals surface area contributed by atoms with Crippen molar-refractivity contribution in [1.82, 2.24) is 14.5 Å². The van der Waals surface area contributed by atoms with Crippen LogP contribution in [0.15, 0.2) is 64.3 Å². The summed E-state index contributed by atoms with van der Waals surface area (Å²) in [7, 11) is -2.25. The molecule has 3 N–H and O–H groups in total. The SMILES string of the molecule is COCCNS(=O)(=O)c1ccc(NC(=O)c2nn(-c3cccc(C)c3)c(=O)cc2O)cc1. The average Bonchev–Trinajstić information content (AvgIpc) is 2.74. The second-order valence-corrected chi connectivity index (χ2v) is 8.60. The van der Waals surface area contributed by atoms with Crippen LogP contribution in [-0.4, -0.2) is 49.5 Å². The zero-order valence-electron chi connectivity index (χ0n) is 17.4. The Bertz CT molecular complexity index is 1290. The Kier molecular flexibility index (Phi) is 7.03. The number of nitrogens with zero attached hydrogens (tertiary/aromatic N) is 2. The molecule has 0 saturated carbocycles. The van der Waals surface area contributed by atoms with Gasteiger partial charge < -0.3 is 15.2 Å². The molecule has 1 aromatic heterocycles. The van der Waals surface area contributed by atoms with E-state index in [2.05, 4.69) is 15.1 Å². The zero-order valence-corrected chi connectivity index (χ0v) is 18.2. The first-order valence-corrected chi connectivity index (χ1v) is 11.0. The van der Waals surface area contributed by atoms with Crippen LogP contribution in [0.5, 0.6) is 5.75 Å². The van der Waals surface area contributed by atoms with Crippen LogP contribution in [0.3, 0.4) is 0 Å². The van der Waals surface area contributed by atoms with Gasteiger partial charge >= 0.3 is 0 Å². The summed E-state index contributed by atoms with van der Waals surface area (Å²) in [6, 6.07) is 13.3. The third-order valence-corrected chi connectivity index (χ3v) is 5.87. The molecule has 1 amide bonds. The summed E-state index contributed by atoms with van der Waals surface area (Å²) in [5, 5.41) is 16.6. The van der Waals surface area contributed by atoms with Gasteiger partial charge in [-0.25, -0.2) is 13.1 Å². The molecular weight excluding hydrogens is 436 g/mol. The highest BCUT2D eigenvalue weighted by atomic mass is 32.2. The predicted molar refractivity (Wildman–Crippen MR) is 118 cm³/mol. The fraction of sp³-hybridized carbons (Fsp3) is 0.190. The minimum atomic E-state index is -3.71. The highest BCUT2D eigenvalue weighted by molar-refractivity contribution is 7.89. The monoisotopic (exact) mass is 458 g/mol. The van der Waals surface area contributed by atoms with Gasteiger partial charge in [0.15, 0.2) is 11.4 Å². The van der Waals surface area contributed by atoms with E-state index in [1.54, 1.807) is 18.2 Å². The third kappa shape index (κ3) is 5.38. The lowest BCUT2D eigenvalue weighted by molar-refractivity contribution is 0.101. The minimum absolute atomic E-state index is 0.0144. The van der Waals surface area contributed by atoms with E-state index in [9.17, 15) is 23.1 Å². The number of nitrogens with one attached hydrogen (secondary N) is 2. The van der Waals surface area contributed by atoms with Gasteiger partial charge in [-0.05, 0) is 48.9 Å². The van der Waals surface area contributed by atoms with Crippen LogP contribution in [0, 0.1) is 6.92 Å². The van der Waals surface area contributed by atoms with E-state index in [0.29, 0.717) is 5.69 Å². The second kappa shape index (κ2) is 9.73. The molecular formula is C21H22N4O6S. The first-order chi connectivity index (χ1) is 15.2. The van der Waals surface area contributed by atoms with E-state index < -0.39 is 27.2 Å². The number of anilines is 1. The highest BCUT2D eigenvalue weighted by Crippen LogP contribution is 2.18. The summed E-state index contributed by atoms with van der Waals surface area (Å²) >= 11 is 0. The van der Waals surface area contributed by atoms with Crippen molar-refractivity contribution in [3.8, 4) is 11.4 Å². The summed E-state index contributed by atoms with van der Waals surface area (Å²) in [4.78, 5) is 24.9. The molecule has 0 unspecified atom stereocenters. The Morgan fingerprint density at radius 1 is 1.16 bits per heavy atom. The molecule has 0 radical (unpaired) electrons. The standard InChI is InChI=1S/C21H22N4O6S/c1-14-4-3-5-16(12-14)25-19(27)13-18(26)20(24-25)21(28)23-15-6-8-17(9-7-15)32(29,30)22-10-11-31-2/h3-9,12-13,22,26H,10-11H2,1-2H3,(H,23,28). The maximum absolute atomic E-state index is 12.7. The number of sulfonamides is 1. The Morgan fingerprint density at radius 3 is 2.53 bits per heavy atom. The number of ether oxygens (including phenoxy) is 1. The highest BCUT2D eigenvalue weighted by Gasteiger charge is 2.18. The number of aryl methyl sites for hydroxylation is 1. The number of aromatic hydroxyl groups is 1. The molecule has 1 heterocycles. The topological polar surface area (TPSA) is 140 Å². The van der Waals surface area contributed by atoms with Crippen LogP contribution in [0.1, 0.15) is 16.1 Å². The third-order valence-electron chi connectivity index (χ3n) is 4.39. The quantitative estimate of drug-likeness (QED) is 0.434. The summed E-state index contributed by atoms with van der Waals surface area (Å²) < 4.78 is 32.6. The van der Waals surface area contributed by atoms with Crippen molar-refractivity contribution >= 4 is 21.6 Å². The van der Waals surface area contributed by atoms with Crippen molar-refractivity contribution in [3.05, 3.63) is 76.2 Å². The lowest BCUT2D eigenvalue weighted by Gasteiger charge is -2.11. The number of rotatable bonds is 8. The van der Waals surface area contributed by atoms with Gasteiger partial charge in [-0.15, -0.1) is 0 Å². The Hall–Kier alpha value is -3.54. The number of methoxy groups -OCH3 is 1. The van der Waals surface area contributed by atoms with E-state index in [-0.39, 0.29) is 29.4 Å². The van der Waals surface area contributed by atoms with E-state index in [1.165, 1.54) is 31.4 Å². The molecule has 168 valence electrons. The molecule has 0 aliphatic rings. The van der Waals surface area contributed by atoms with Crippen LogP contribution >= 0.6 is 0 Å². The van der Waals surface area contributed by atoms with Gasteiger partial charge in [0.1, 0.15) is 0 Å².